The van der Waals surface area contributed by atoms with Gasteiger partial charge in [0.1, 0.15) is 0 Å². The lowest BCUT2D eigenvalue weighted by molar-refractivity contribution is 0.523. The van der Waals surface area contributed by atoms with Crippen LogP contribution in [0.3, 0.4) is 0 Å². The van der Waals surface area contributed by atoms with Gasteiger partial charge >= 0.3 is 17.4 Å². The zero-order valence-electron chi connectivity index (χ0n) is 6.02. The van der Waals surface area contributed by atoms with Gasteiger partial charge in [-0.3, -0.25) is 0 Å². The first-order chi connectivity index (χ1) is 3.83. The second kappa shape index (κ2) is 168. The van der Waals surface area contributed by atoms with Crippen molar-refractivity contribution in [2.45, 2.75) is 0 Å². The third-order valence-corrected chi connectivity index (χ3v) is 0. The molecule has 0 saturated heterocycles. The molecule has 0 aromatic rings. The molecule has 10 heavy (non-hydrogen) atoms. The average Bonchev–Trinajstić information content (AvgIpc) is 1.75. The van der Waals surface area contributed by atoms with Crippen molar-refractivity contribution in [2.24, 2.45) is 0 Å². The van der Waals surface area contributed by atoms with Crippen LogP contribution in [0.1, 0.15) is 0 Å². The van der Waals surface area contributed by atoms with E-state index in [1.54, 1.807) is 0 Å². The highest BCUT2D eigenvalue weighted by atomic mass is 31.1. The van der Waals surface area contributed by atoms with E-state index >= 15 is 0 Å². The zero-order chi connectivity index (χ0) is 7.41. The van der Waals surface area contributed by atoms with Gasteiger partial charge in [-0.15, -0.1) is 13.2 Å². The molecule has 0 saturated carbocycles. The van der Waals surface area contributed by atoms with Gasteiger partial charge < -0.3 is 22.1 Å². The highest BCUT2D eigenvalue weighted by molar-refractivity contribution is 7.16. The summed E-state index contributed by atoms with van der Waals surface area (Å²) in [6, 6.07) is 0. The molecule has 8 heteroatoms. The first-order valence-corrected chi connectivity index (χ1v) is 2.80. The minimum Gasteiger partial charge on any atom is -0.369 e. The smallest absolute Gasteiger partial charge is 0.324 e. The van der Waals surface area contributed by atoms with Gasteiger partial charge in [0.25, 0.3) is 0 Å². The monoisotopic (exact) mass is 192 g/mol. The number of hydrogen-bond acceptors (Lipinski definition) is 2. The van der Waals surface area contributed by atoms with E-state index in [2.05, 4.69) is 13.2 Å². The van der Waals surface area contributed by atoms with E-state index in [9.17, 15) is 0 Å². The standard InChI is InChI=1S/C2H4.2H3N.2HO2P/c1-2;;;2*1-3-2/h1-2H2;2*1H3;2*(H,1,2)/p+2. The Morgan fingerprint density at radius 2 is 0.900 bits per heavy atom. The molecule has 0 fully saturated rings. The summed E-state index contributed by atoms with van der Waals surface area (Å²) < 4.78 is 16.9. The van der Waals surface area contributed by atoms with Gasteiger partial charge in [-0.2, -0.15) is 0 Å². The molecule has 0 bridgehead atoms. The molecule has 0 radical (unpaired) electrons. The summed E-state index contributed by atoms with van der Waals surface area (Å²) in [5, 5.41) is 0. The summed E-state index contributed by atoms with van der Waals surface area (Å²) in [4.78, 5) is 14.0. The van der Waals surface area contributed by atoms with Gasteiger partial charge in [0.05, 0.1) is 0 Å². The Balaban J connectivity index is -0.0000000116. The van der Waals surface area contributed by atoms with Crippen molar-refractivity contribution in [1.82, 2.24) is 12.3 Å². The molecule has 0 atom stereocenters. The molecular weight excluding hydrogens is 178 g/mol. The summed E-state index contributed by atoms with van der Waals surface area (Å²) in [6.45, 7) is 6.00. The lowest BCUT2D eigenvalue weighted by Gasteiger charge is -1.24. The fraction of sp³-hybridized carbons (Fsp3) is 0. The summed E-state index contributed by atoms with van der Waals surface area (Å²) in [5.74, 6) is 0. The third-order valence-electron chi connectivity index (χ3n) is 0. The number of rotatable bonds is 0. The quantitative estimate of drug-likeness (QED) is 0.342. The molecule has 0 unspecified atom stereocenters. The van der Waals surface area contributed by atoms with Crippen LogP contribution in [0, 0.1) is 0 Å². The lowest BCUT2D eigenvalue weighted by atomic mass is 11.3. The molecule has 0 aliphatic rings. The minimum atomic E-state index is -0.833. The molecule has 0 aromatic heterocycles. The van der Waals surface area contributed by atoms with Crippen LogP contribution < -0.4 is 12.3 Å². The Labute approximate surface area is 62.7 Å². The van der Waals surface area contributed by atoms with Crippen LogP contribution >= 0.6 is 17.4 Å². The van der Waals surface area contributed by atoms with Crippen molar-refractivity contribution in [1.29, 1.82) is 0 Å². The molecular formula is C2H14N2O4P2+2. The van der Waals surface area contributed by atoms with Gasteiger partial charge in [0.2, 0.25) is 0 Å². The van der Waals surface area contributed by atoms with Crippen LogP contribution in [-0.4, -0.2) is 9.79 Å². The highest BCUT2D eigenvalue weighted by Crippen LogP contribution is 1.66. The first kappa shape index (κ1) is 33.0. The molecule has 0 aliphatic carbocycles. The molecule has 64 valence electrons. The van der Waals surface area contributed by atoms with Crippen LogP contribution in [0.2, 0.25) is 0 Å². The molecule has 0 spiro atoms. The van der Waals surface area contributed by atoms with Gasteiger partial charge in [0.15, 0.2) is 0 Å². The van der Waals surface area contributed by atoms with E-state index < -0.39 is 17.4 Å². The van der Waals surface area contributed by atoms with Gasteiger partial charge in [-0.05, 0) is 0 Å². The topological polar surface area (TPSA) is 148 Å². The highest BCUT2D eigenvalue weighted by Gasteiger charge is 1.28. The minimum absolute atomic E-state index is 0. The van der Waals surface area contributed by atoms with Crippen molar-refractivity contribution in [3.8, 4) is 0 Å². The fourth-order valence-corrected chi connectivity index (χ4v) is 0. The van der Waals surface area contributed by atoms with E-state index in [0.717, 1.165) is 0 Å². The molecule has 10 N–H and O–H groups in total. The summed E-state index contributed by atoms with van der Waals surface area (Å²) in [7, 11) is -1.67. The maximum absolute atomic E-state index is 8.46. The SMILES string of the molecule is C=C.O=PO.O=PO.[NH4+].[NH4+]. The van der Waals surface area contributed by atoms with Crippen molar-refractivity contribution >= 4 is 17.4 Å². The van der Waals surface area contributed by atoms with Crippen molar-refractivity contribution in [3.63, 3.8) is 0 Å². The van der Waals surface area contributed by atoms with Gasteiger partial charge in [-0.25, -0.2) is 9.13 Å². The van der Waals surface area contributed by atoms with E-state index in [1.165, 1.54) is 0 Å². The summed E-state index contributed by atoms with van der Waals surface area (Å²) in [6.07, 6.45) is 0. The lowest BCUT2D eigenvalue weighted by Crippen LogP contribution is -1.03. The van der Waals surface area contributed by atoms with Crippen LogP contribution in [0.25, 0.3) is 0 Å². The Bertz CT molecular complexity index is 48.5. The van der Waals surface area contributed by atoms with E-state index in [1.807, 2.05) is 0 Å². The Hall–Kier alpha value is -0.220. The summed E-state index contributed by atoms with van der Waals surface area (Å²) >= 11 is 0. The molecule has 0 rings (SSSR count). The van der Waals surface area contributed by atoms with E-state index in [0.29, 0.717) is 0 Å². The fourth-order valence-electron chi connectivity index (χ4n) is 0. The second-order valence-corrected chi connectivity index (χ2v) is 0.490. The van der Waals surface area contributed by atoms with Crippen LogP contribution in [-0.2, 0) is 9.13 Å². The maximum Gasteiger partial charge on any atom is 0.324 e. The average molecular weight is 192 g/mol. The normalized spacial score (nSPS) is 4.60. The largest absolute Gasteiger partial charge is 0.369 e. The Morgan fingerprint density at radius 1 is 0.900 bits per heavy atom. The van der Waals surface area contributed by atoms with Gasteiger partial charge in [0, 0.05) is 0 Å². The Kier molecular flexibility index (Phi) is 553. The molecule has 0 aromatic carbocycles. The predicted molar refractivity (Wildman–Crippen MR) is 42.9 cm³/mol. The first-order valence-electron chi connectivity index (χ1n) is 1.27. The van der Waals surface area contributed by atoms with Crippen molar-refractivity contribution in [3.05, 3.63) is 13.2 Å². The number of quaternary nitrogens is 2. The van der Waals surface area contributed by atoms with E-state index in [4.69, 9.17) is 18.9 Å². The Morgan fingerprint density at radius 3 is 0.900 bits per heavy atom. The predicted octanol–water partition coefficient (Wildman–Crippen LogP) is 1.93. The van der Waals surface area contributed by atoms with Crippen molar-refractivity contribution < 1.29 is 18.9 Å². The molecule has 0 heterocycles. The third kappa shape index (κ3) is 7390. The summed E-state index contributed by atoms with van der Waals surface area (Å²) in [5.41, 5.74) is 0. The van der Waals surface area contributed by atoms with Crippen LogP contribution in [0.5, 0.6) is 0 Å². The van der Waals surface area contributed by atoms with Crippen LogP contribution in [0.4, 0.5) is 0 Å². The zero-order valence-corrected chi connectivity index (χ0v) is 7.81. The molecule has 6 nitrogen and oxygen atoms in total. The number of hydrogen-bond donors (Lipinski definition) is 4. The maximum atomic E-state index is 8.46. The second-order valence-electron chi connectivity index (χ2n) is 0.163. The molecule has 0 amide bonds. The van der Waals surface area contributed by atoms with Crippen LogP contribution in [0.15, 0.2) is 13.2 Å². The van der Waals surface area contributed by atoms with Gasteiger partial charge in [-0.1, -0.05) is 0 Å². The molecule has 0 aliphatic heterocycles. The van der Waals surface area contributed by atoms with E-state index in [-0.39, 0.29) is 12.3 Å². The van der Waals surface area contributed by atoms with Crippen molar-refractivity contribution in [2.75, 3.05) is 0 Å².